The molecular formula is C22H26N2O6S2. The van der Waals surface area contributed by atoms with Crippen LogP contribution in [-0.2, 0) is 21.4 Å². The Morgan fingerprint density at radius 3 is 2.53 bits per heavy atom. The predicted octanol–water partition coefficient (Wildman–Crippen LogP) is 2.50. The van der Waals surface area contributed by atoms with E-state index in [1.54, 1.807) is 14.0 Å². The molecule has 0 saturated carbocycles. The molecule has 0 aliphatic carbocycles. The number of thiol groups is 1. The van der Waals surface area contributed by atoms with Gasteiger partial charge in [0, 0.05) is 25.4 Å². The van der Waals surface area contributed by atoms with Gasteiger partial charge in [-0.3, -0.25) is 4.79 Å². The van der Waals surface area contributed by atoms with Gasteiger partial charge in [0.1, 0.15) is 17.4 Å². The first-order valence-corrected chi connectivity index (χ1v) is 12.1. The van der Waals surface area contributed by atoms with Crippen LogP contribution in [0, 0.1) is 0 Å². The maximum absolute atomic E-state index is 13.4. The van der Waals surface area contributed by atoms with Crippen molar-refractivity contribution in [3.05, 3.63) is 59.7 Å². The molecule has 1 fully saturated rings. The minimum Gasteiger partial charge on any atom is -0.493 e. The van der Waals surface area contributed by atoms with Gasteiger partial charge in [0.25, 0.3) is 0 Å². The van der Waals surface area contributed by atoms with Crippen LogP contribution in [0.4, 0.5) is 0 Å². The van der Waals surface area contributed by atoms with Gasteiger partial charge in [0.2, 0.25) is 15.9 Å². The lowest BCUT2D eigenvalue weighted by Gasteiger charge is -2.27. The Morgan fingerprint density at radius 1 is 1.22 bits per heavy atom. The molecule has 32 heavy (non-hydrogen) atoms. The first kappa shape index (κ1) is 24.1. The Hall–Kier alpha value is -2.56. The summed E-state index contributed by atoms with van der Waals surface area (Å²) in [6.45, 7) is 2.34. The molecule has 3 rings (SSSR count). The summed E-state index contributed by atoms with van der Waals surface area (Å²) in [6, 6.07) is 12.2. The van der Waals surface area contributed by atoms with Gasteiger partial charge in [0.15, 0.2) is 0 Å². The fourth-order valence-corrected chi connectivity index (χ4v) is 5.87. The molecule has 10 heteroatoms. The average molecular weight is 479 g/mol. The smallest absolute Gasteiger partial charge is 0.339 e. The Morgan fingerprint density at radius 2 is 1.91 bits per heavy atom. The highest BCUT2D eigenvalue weighted by Gasteiger charge is 2.44. The number of aromatic carboxylic acids is 1. The van der Waals surface area contributed by atoms with Crippen LogP contribution >= 0.6 is 12.6 Å². The van der Waals surface area contributed by atoms with Gasteiger partial charge in [-0.25, -0.2) is 13.2 Å². The fraction of sp³-hybridized carbons (Fsp3) is 0.364. The van der Waals surface area contributed by atoms with E-state index in [1.807, 2.05) is 30.3 Å². The van der Waals surface area contributed by atoms with E-state index in [4.69, 9.17) is 4.74 Å². The van der Waals surface area contributed by atoms with Crippen LogP contribution in [0.1, 0.15) is 29.3 Å². The minimum atomic E-state index is -4.14. The first-order valence-electron chi connectivity index (χ1n) is 10.1. The van der Waals surface area contributed by atoms with E-state index < -0.39 is 22.0 Å². The van der Waals surface area contributed by atoms with Crippen LogP contribution in [0.15, 0.2) is 53.4 Å². The van der Waals surface area contributed by atoms with Crippen LogP contribution in [0.2, 0.25) is 0 Å². The topological polar surface area (TPSA) is 104 Å². The third-order valence-electron chi connectivity index (χ3n) is 5.25. The number of likely N-dealkylation sites (N-methyl/N-ethyl adjacent to an activating group) is 1. The van der Waals surface area contributed by atoms with Crippen molar-refractivity contribution >= 4 is 34.5 Å². The predicted molar refractivity (Wildman–Crippen MR) is 123 cm³/mol. The monoisotopic (exact) mass is 478 g/mol. The Bertz CT molecular complexity index is 1090. The van der Waals surface area contributed by atoms with Crippen LogP contribution in [0.25, 0.3) is 0 Å². The molecule has 0 aromatic heterocycles. The van der Waals surface area contributed by atoms with Crippen molar-refractivity contribution in [1.29, 1.82) is 0 Å². The molecule has 2 atom stereocenters. The molecule has 2 aromatic rings. The van der Waals surface area contributed by atoms with Gasteiger partial charge in [-0.05, 0) is 37.1 Å². The van der Waals surface area contributed by atoms with Crippen molar-refractivity contribution in [3.8, 4) is 5.75 Å². The number of carboxylic acids is 1. The number of rotatable bonds is 8. The maximum atomic E-state index is 13.4. The number of nitrogens with zero attached hydrogens (tertiary/aromatic N) is 2. The summed E-state index contributed by atoms with van der Waals surface area (Å²) in [6.07, 6.45) is 0.267. The Balaban J connectivity index is 1.89. The SMILES string of the molecule is CCOc1ccc(S(=O)(=O)N2C[C@H](S)C[C@@H]2C(=O)N(C)Cc2ccccc2)cc1C(=O)O. The Labute approximate surface area is 193 Å². The van der Waals surface area contributed by atoms with Gasteiger partial charge in [-0.15, -0.1) is 0 Å². The molecule has 1 N–H and O–H groups in total. The third kappa shape index (κ3) is 5.08. The van der Waals surface area contributed by atoms with Gasteiger partial charge < -0.3 is 14.7 Å². The summed E-state index contributed by atoms with van der Waals surface area (Å²) in [5, 5.41) is 9.17. The number of hydrogen-bond donors (Lipinski definition) is 2. The highest BCUT2D eigenvalue weighted by atomic mass is 32.2. The second-order valence-corrected chi connectivity index (χ2v) is 10.2. The normalized spacial score (nSPS) is 19.0. The summed E-state index contributed by atoms with van der Waals surface area (Å²) in [5.41, 5.74) is 0.675. The quantitative estimate of drug-likeness (QED) is 0.565. The van der Waals surface area contributed by atoms with Crippen molar-refractivity contribution in [2.45, 2.75) is 36.1 Å². The number of ether oxygens (including phenoxy) is 1. The molecule has 1 amide bonds. The number of hydrogen-bond acceptors (Lipinski definition) is 6. The molecule has 1 aliphatic heterocycles. The molecular weight excluding hydrogens is 452 g/mol. The van der Waals surface area contributed by atoms with Gasteiger partial charge in [-0.1, -0.05) is 30.3 Å². The Kier molecular flexibility index (Phi) is 7.47. The average Bonchev–Trinajstić information content (AvgIpc) is 3.16. The third-order valence-corrected chi connectivity index (χ3v) is 7.49. The van der Waals surface area contributed by atoms with Crippen LogP contribution in [0.5, 0.6) is 5.75 Å². The van der Waals surface area contributed by atoms with Gasteiger partial charge >= 0.3 is 5.97 Å². The van der Waals surface area contributed by atoms with Crippen molar-refractivity contribution < 1.29 is 27.9 Å². The van der Waals surface area contributed by atoms with E-state index in [9.17, 15) is 23.1 Å². The zero-order valence-corrected chi connectivity index (χ0v) is 19.6. The number of benzene rings is 2. The van der Waals surface area contributed by atoms with E-state index in [-0.39, 0.29) is 46.9 Å². The lowest BCUT2D eigenvalue weighted by Crippen LogP contribution is -2.46. The molecule has 1 heterocycles. The summed E-state index contributed by atoms with van der Waals surface area (Å²) in [4.78, 5) is 26.1. The van der Waals surface area contributed by atoms with E-state index >= 15 is 0 Å². The molecule has 172 valence electrons. The van der Waals surface area contributed by atoms with Gasteiger partial charge in [0.05, 0.1) is 11.5 Å². The summed E-state index contributed by atoms with van der Waals surface area (Å²) >= 11 is 4.42. The number of carboxylic acid groups (broad SMARTS) is 1. The molecule has 1 saturated heterocycles. The van der Waals surface area contributed by atoms with Crippen LogP contribution in [0.3, 0.4) is 0 Å². The minimum absolute atomic E-state index is 0.0522. The molecule has 0 radical (unpaired) electrons. The molecule has 0 bridgehead atoms. The first-order chi connectivity index (χ1) is 15.1. The van der Waals surface area contributed by atoms with E-state index in [1.165, 1.54) is 17.0 Å². The highest BCUT2D eigenvalue weighted by molar-refractivity contribution is 7.89. The maximum Gasteiger partial charge on any atom is 0.339 e. The zero-order valence-electron chi connectivity index (χ0n) is 17.8. The van der Waals surface area contributed by atoms with E-state index in [0.29, 0.717) is 6.54 Å². The second-order valence-electron chi connectivity index (χ2n) is 7.56. The van der Waals surface area contributed by atoms with Crippen molar-refractivity contribution in [1.82, 2.24) is 9.21 Å². The zero-order chi connectivity index (χ0) is 23.5. The van der Waals surface area contributed by atoms with Gasteiger partial charge in [-0.2, -0.15) is 16.9 Å². The lowest BCUT2D eigenvalue weighted by molar-refractivity contribution is -0.133. The van der Waals surface area contributed by atoms with Crippen LogP contribution in [-0.4, -0.2) is 66.1 Å². The summed E-state index contributed by atoms with van der Waals surface area (Å²) in [7, 11) is -2.51. The molecule has 8 nitrogen and oxygen atoms in total. The summed E-state index contributed by atoms with van der Waals surface area (Å²) < 4.78 is 33.2. The van der Waals surface area contributed by atoms with E-state index in [2.05, 4.69) is 12.6 Å². The molecule has 2 aromatic carbocycles. The largest absolute Gasteiger partial charge is 0.493 e. The lowest BCUT2D eigenvalue weighted by atomic mass is 10.1. The number of amides is 1. The van der Waals surface area contributed by atoms with Crippen molar-refractivity contribution in [2.75, 3.05) is 20.2 Å². The fourth-order valence-electron chi connectivity index (χ4n) is 3.72. The highest BCUT2D eigenvalue weighted by Crippen LogP contribution is 2.32. The van der Waals surface area contributed by atoms with Crippen molar-refractivity contribution in [3.63, 3.8) is 0 Å². The number of sulfonamides is 1. The standard InChI is InChI=1S/C22H26N2O6S2/c1-3-30-20-10-9-17(12-18(20)22(26)27)32(28,29)24-14-16(31)11-19(24)21(25)23(2)13-15-7-5-4-6-8-15/h4-10,12,16,19,31H,3,11,13-14H2,1-2H3,(H,26,27)/t16-,19-/m1/s1. The van der Waals surface area contributed by atoms with Crippen molar-refractivity contribution in [2.24, 2.45) is 0 Å². The number of carbonyl (C=O) groups excluding carboxylic acids is 1. The molecule has 1 aliphatic rings. The summed E-state index contributed by atoms with van der Waals surface area (Å²) in [5.74, 6) is -1.55. The van der Waals surface area contributed by atoms with Crippen LogP contribution < -0.4 is 4.74 Å². The van der Waals surface area contributed by atoms with E-state index in [0.717, 1.165) is 15.9 Å². The number of carbonyl (C=O) groups is 2. The molecule has 0 spiro atoms. The molecule has 0 unspecified atom stereocenters. The second kappa shape index (κ2) is 9.93.